The first-order valence-electron chi connectivity index (χ1n) is 13.2. The van der Waals surface area contributed by atoms with Gasteiger partial charge in [0.25, 0.3) is 0 Å². The molecule has 3 heterocycles. The number of para-hydroxylation sites is 1. The molecule has 1 aliphatic carbocycles. The van der Waals surface area contributed by atoms with Gasteiger partial charge in [0.1, 0.15) is 5.78 Å². The van der Waals surface area contributed by atoms with Crippen molar-refractivity contribution in [3.63, 3.8) is 0 Å². The van der Waals surface area contributed by atoms with Crippen LogP contribution in [0.15, 0.2) is 18.2 Å². The van der Waals surface area contributed by atoms with Gasteiger partial charge in [-0.1, -0.05) is 18.9 Å². The van der Waals surface area contributed by atoms with Crippen molar-refractivity contribution in [3.8, 4) is 11.5 Å². The highest BCUT2D eigenvalue weighted by Crippen LogP contribution is 2.41. The van der Waals surface area contributed by atoms with Gasteiger partial charge in [0, 0.05) is 45.6 Å². The molecule has 0 unspecified atom stereocenters. The highest BCUT2D eigenvalue weighted by atomic mass is 16.7. The van der Waals surface area contributed by atoms with Crippen LogP contribution < -0.4 is 14.4 Å². The van der Waals surface area contributed by atoms with Crippen molar-refractivity contribution < 1.29 is 19.0 Å². The first-order valence-corrected chi connectivity index (χ1v) is 13.2. The molecule has 1 saturated carbocycles. The van der Waals surface area contributed by atoms with E-state index in [2.05, 4.69) is 21.9 Å². The first-order chi connectivity index (χ1) is 16.2. The zero-order valence-electron chi connectivity index (χ0n) is 20.0. The number of fused-ring (bicyclic) bond motifs is 1. The number of anilines is 1. The monoisotopic (exact) mass is 456 g/mol. The number of ether oxygens (including phenoxy) is 3. The minimum Gasteiger partial charge on any atom is -0.454 e. The summed E-state index contributed by atoms with van der Waals surface area (Å²) < 4.78 is 17.0. The third-order valence-electron chi connectivity index (χ3n) is 8.15. The van der Waals surface area contributed by atoms with Crippen LogP contribution in [0.4, 0.5) is 5.69 Å². The lowest BCUT2D eigenvalue weighted by molar-refractivity contribution is -0.124. The number of hydrogen-bond donors (Lipinski definition) is 0. The van der Waals surface area contributed by atoms with E-state index >= 15 is 0 Å². The van der Waals surface area contributed by atoms with Crippen molar-refractivity contribution in [2.45, 2.75) is 70.3 Å². The zero-order chi connectivity index (χ0) is 22.5. The molecule has 3 fully saturated rings. The second-order valence-corrected chi connectivity index (χ2v) is 10.5. The maximum absolute atomic E-state index is 12.5. The molecule has 0 aromatic heterocycles. The van der Waals surface area contributed by atoms with Crippen LogP contribution >= 0.6 is 0 Å². The van der Waals surface area contributed by atoms with Gasteiger partial charge in [-0.3, -0.25) is 9.69 Å². The average Bonchev–Trinajstić information content (AvgIpc) is 3.34. The summed E-state index contributed by atoms with van der Waals surface area (Å²) in [4.78, 5) is 17.5. The van der Waals surface area contributed by atoms with Crippen molar-refractivity contribution >= 4 is 11.5 Å². The molecule has 0 radical (unpaired) electrons. The van der Waals surface area contributed by atoms with Crippen LogP contribution in [-0.4, -0.2) is 62.9 Å². The van der Waals surface area contributed by atoms with Crippen LogP contribution in [-0.2, 0) is 9.53 Å². The minimum absolute atomic E-state index is 0.201. The van der Waals surface area contributed by atoms with E-state index in [0.717, 1.165) is 69.5 Å². The fourth-order valence-corrected chi connectivity index (χ4v) is 6.09. The molecule has 1 aromatic rings. The van der Waals surface area contributed by atoms with Crippen LogP contribution in [0, 0.1) is 11.8 Å². The van der Waals surface area contributed by atoms with Gasteiger partial charge >= 0.3 is 0 Å². The summed E-state index contributed by atoms with van der Waals surface area (Å²) >= 11 is 0. The number of Topliss-reactive ketones (excluding diaryl/α,β-unsaturated/α-hetero) is 1. The van der Waals surface area contributed by atoms with E-state index < -0.39 is 0 Å². The Morgan fingerprint density at radius 1 is 0.909 bits per heavy atom. The summed E-state index contributed by atoms with van der Waals surface area (Å²) in [6.07, 6.45) is 11.4. The van der Waals surface area contributed by atoms with Crippen molar-refractivity contribution in [3.05, 3.63) is 18.2 Å². The maximum Gasteiger partial charge on any atom is 0.231 e. The molecule has 1 aromatic carbocycles. The number of ketones is 1. The lowest BCUT2D eigenvalue weighted by atomic mass is 9.78. The molecule has 33 heavy (non-hydrogen) atoms. The molecule has 1 atom stereocenters. The van der Waals surface area contributed by atoms with Crippen molar-refractivity contribution in [1.29, 1.82) is 0 Å². The molecule has 0 spiro atoms. The van der Waals surface area contributed by atoms with E-state index in [0.29, 0.717) is 24.9 Å². The van der Waals surface area contributed by atoms with Gasteiger partial charge in [0.05, 0.1) is 11.8 Å². The Balaban J connectivity index is 0.980. The van der Waals surface area contributed by atoms with Gasteiger partial charge in [-0.15, -0.1) is 0 Å². The lowest BCUT2D eigenvalue weighted by Crippen LogP contribution is -2.47. The molecule has 2 saturated heterocycles. The summed E-state index contributed by atoms with van der Waals surface area (Å²) in [7, 11) is 0. The minimum atomic E-state index is 0.201. The number of hydrogen-bond acceptors (Lipinski definition) is 6. The smallest absolute Gasteiger partial charge is 0.231 e. The largest absolute Gasteiger partial charge is 0.454 e. The number of rotatable bonds is 8. The van der Waals surface area contributed by atoms with E-state index in [1.165, 1.54) is 50.8 Å². The summed E-state index contributed by atoms with van der Waals surface area (Å²) in [6, 6.07) is 6.19. The summed E-state index contributed by atoms with van der Waals surface area (Å²) in [5.74, 6) is 3.66. The number of nitrogens with zero attached hydrogens (tertiary/aromatic N) is 2. The number of carbonyl (C=O) groups is 1. The van der Waals surface area contributed by atoms with Gasteiger partial charge in [0.2, 0.25) is 6.79 Å². The SMILES string of the molecule is O=C(CC1CCC(CCN2CCN(c3cccc4c3OCO4)CC2)CC1)C[C@@H]1CCCCO1. The molecule has 0 amide bonds. The molecule has 182 valence electrons. The van der Waals surface area contributed by atoms with Crippen LogP contribution in [0.3, 0.4) is 0 Å². The Labute approximate surface area is 198 Å². The molecule has 4 aliphatic rings. The maximum atomic E-state index is 12.5. The zero-order valence-corrected chi connectivity index (χ0v) is 20.0. The fourth-order valence-electron chi connectivity index (χ4n) is 6.09. The van der Waals surface area contributed by atoms with Gasteiger partial charge in [0.15, 0.2) is 11.5 Å². The standard InChI is InChI=1S/C27H40N2O4/c30-23(19-24-4-1-2-17-31-24)18-22-9-7-21(8-10-22)11-12-28-13-15-29(16-14-28)25-5-3-6-26-27(25)33-20-32-26/h3,5-6,21-22,24H,1-2,4,7-20H2/t21?,22?,24-/m0/s1. The Morgan fingerprint density at radius 2 is 1.73 bits per heavy atom. The normalized spacial score (nSPS) is 28.1. The van der Waals surface area contributed by atoms with E-state index in [1.54, 1.807) is 0 Å². The Hall–Kier alpha value is -1.79. The number of piperazine rings is 1. The molecule has 6 heteroatoms. The van der Waals surface area contributed by atoms with Crippen molar-refractivity contribution in [2.24, 2.45) is 11.8 Å². The van der Waals surface area contributed by atoms with Crippen molar-refractivity contribution in [2.75, 3.05) is 51.0 Å². The molecule has 0 N–H and O–H groups in total. The predicted molar refractivity (Wildman–Crippen MR) is 129 cm³/mol. The Kier molecular flexibility index (Phi) is 7.72. The second-order valence-electron chi connectivity index (χ2n) is 10.5. The summed E-state index contributed by atoms with van der Waals surface area (Å²) in [6.45, 7) is 6.68. The molecule has 0 bridgehead atoms. The first kappa shape index (κ1) is 23.0. The highest BCUT2D eigenvalue weighted by Gasteiger charge is 2.27. The fraction of sp³-hybridized carbons (Fsp3) is 0.741. The molecular weight excluding hydrogens is 416 g/mol. The third kappa shape index (κ3) is 6.02. The molecule has 5 rings (SSSR count). The van der Waals surface area contributed by atoms with Gasteiger partial charge in [-0.05, 0) is 69.0 Å². The van der Waals surface area contributed by atoms with Gasteiger partial charge in [-0.25, -0.2) is 0 Å². The second kappa shape index (κ2) is 11.1. The topological polar surface area (TPSA) is 51.2 Å². The average molecular weight is 457 g/mol. The number of benzene rings is 1. The van der Waals surface area contributed by atoms with E-state index in [1.807, 2.05) is 6.07 Å². The van der Waals surface area contributed by atoms with Crippen LogP contribution in [0.1, 0.15) is 64.2 Å². The van der Waals surface area contributed by atoms with E-state index in [9.17, 15) is 4.79 Å². The van der Waals surface area contributed by atoms with Crippen LogP contribution in [0.25, 0.3) is 0 Å². The van der Waals surface area contributed by atoms with Crippen LogP contribution in [0.5, 0.6) is 11.5 Å². The molecule has 3 aliphatic heterocycles. The van der Waals surface area contributed by atoms with Gasteiger partial charge in [-0.2, -0.15) is 0 Å². The summed E-state index contributed by atoms with van der Waals surface area (Å²) in [5.41, 5.74) is 1.17. The third-order valence-corrected chi connectivity index (χ3v) is 8.15. The van der Waals surface area contributed by atoms with Gasteiger partial charge < -0.3 is 19.1 Å². The van der Waals surface area contributed by atoms with E-state index in [4.69, 9.17) is 14.2 Å². The summed E-state index contributed by atoms with van der Waals surface area (Å²) in [5, 5.41) is 0. The Bertz CT molecular complexity index is 778. The predicted octanol–water partition coefficient (Wildman–Crippen LogP) is 4.65. The Morgan fingerprint density at radius 3 is 2.52 bits per heavy atom. The van der Waals surface area contributed by atoms with E-state index in [-0.39, 0.29) is 6.10 Å². The lowest BCUT2D eigenvalue weighted by Gasteiger charge is -2.37. The highest BCUT2D eigenvalue weighted by molar-refractivity contribution is 5.79. The number of carbonyl (C=O) groups excluding carboxylic acids is 1. The molecule has 6 nitrogen and oxygen atoms in total. The quantitative estimate of drug-likeness (QED) is 0.567. The van der Waals surface area contributed by atoms with Crippen LogP contribution in [0.2, 0.25) is 0 Å². The molecular formula is C27H40N2O4. The van der Waals surface area contributed by atoms with Crippen molar-refractivity contribution in [1.82, 2.24) is 4.90 Å².